The van der Waals surface area contributed by atoms with Crippen molar-refractivity contribution >= 4 is 5.97 Å². The third-order valence-corrected chi connectivity index (χ3v) is 5.77. The van der Waals surface area contributed by atoms with Crippen molar-refractivity contribution in [1.82, 2.24) is 4.90 Å². The summed E-state index contributed by atoms with van der Waals surface area (Å²) < 4.78 is 11.0. The van der Waals surface area contributed by atoms with Crippen LogP contribution in [0.4, 0.5) is 0 Å². The van der Waals surface area contributed by atoms with Crippen LogP contribution in [0.2, 0.25) is 0 Å². The third-order valence-electron chi connectivity index (χ3n) is 5.77. The molecule has 4 rings (SSSR count). The number of ether oxygens (including phenoxy) is 2. The first-order valence-corrected chi connectivity index (χ1v) is 8.08. The molecule has 21 heavy (non-hydrogen) atoms. The van der Waals surface area contributed by atoms with Gasteiger partial charge in [-0.05, 0) is 55.4 Å². The molecule has 114 valence electrons. The number of carbonyl (C=O) groups excluding carboxylic acids is 1. The van der Waals surface area contributed by atoms with Gasteiger partial charge in [0.1, 0.15) is 6.61 Å². The minimum atomic E-state index is -0.0595. The van der Waals surface area contributed by atoms with Crippen molar-refractivity contribution in [2.45, 2.75) is 50.2 Å². The summed E-state index contributed by atoms with van der Waals surface area (Å²) >= 11 is 0. The molecule has 1 spiro atoms. The van der Waals surface area contributed by atoms with Crippen molar-refractivity contribution in [2.75, 3.05) is 26.8 Å². The van der Waals surface area contributed by atoms with Gasteiger partial charge in [-0.15, -0.1) is 0 Å². The number of hydrogen-bond donors (Lipinski definition) is 0. The summed E-state index contributed by atoms with van der Waals surface area (Å²) in [5.41, 5.74) is 4.22. The van der Waals surface area contributed by atoms with Crippen LogP contribution in [0, 0.1) is 0 Å². The monoisotopic (exact) mass is 289 g/mol. The molecule has 2 atom stereocenters. The molecule has 4 aliphatic rings. The summed E-state index contributed by atoms with van der Waals surface area (Å²) in [6.07, 6.45) is 8.51. The molecule has 0 aromatic heterocycles. The highest BCUT2D eigenvalue weighted by Gasteiger charge is 2.52. The largest absolute Gasteiger partial charge is 0.461 e. The second-order valence-electron chi connectivity index (χ2n) is 6.65. The van der Waals surface area contributed by atoms with E-state index in [9.17, 15) is 4.79 Å². The molecule has 0 radical (unpaired) electrons. The predicted molar refractivity (Wildman–Crippen MR) is 78.9 cm³/mol. The van der Waals surface area contributed by atoms with Crippen LogP contribution in [0.5, 0.6) is 0 Å². The molecule has 0 aromatic rings. The van der Waals surface area contributed by atoms with Gasteiger partial charge < -0.3 is 9.47 Å². The molecule has 1 aliphatic carbocycles. The van der Waals surface area contributed by atoms with Crippen LogP contribution in [0.15, 0.2) is 22.8 Å². The molecule has 4 heteroatoms. The topological polar surface area (TPSA) is 38.8 Å². The summed E-state index contributed by atoms with van der Waals surface area (Å²) in [5.74, 6) is -0.0595. The van der Waals surface area contributed by atoms with Crippen LogP contribution in [0.25, 0.3) is 0 Å². The van der Waals surface area contributed by atoms with Crippen molar-refractivity contribution in [2.24, 2.45) is 0 Å². The van der Waals surface area contributed by atoms with Gasteiger partial charge in [0.15, 0.2) is 0 Å². The molecule has 0 aromatic carbocycles. The average Bonchev–Trinajstić information content (AvgIpc) is 2.80. The van der Waals surface area contributed by atoms with Gasteiger partial charge in [0.2, 0.25) is 0 Å². The Bertz CT molecular complexity index is 536. The van der Waals surface area contributed by atoms with Crippen molar-refractivity contribution in [1.29, 1.82) is 0 Å². The summed E-state index contributed by atoms with van der Waals surface area (Å²) in [5, 5.41) is 0. The smallest absolute Gasteiger partial charge is 0.310 e. The molecule has 0 unspecified atom stereocenters. The van der Waals surface area contributed by atoms with Crippen LogP contribution >= 0.6 is 0 Å². The Morgan fingerprint density at radius 1 is 1.38 bits per heavy atom. The SMILES string of the molecule is CO[C@H]1CC=C2CCN3CCCC4=C(CC(=O)OC4)[C@]23C1. The zero-order valence-electron chi connectivity index (χ0n) is 12.7. The standard InChI is InChI=1S/C17H23NO3/c1-20-14-5-4-13-6-8-18-7-2-3-12-11-21-16(19)9-15(12)17(13,18)10-14/h4,14H,2-3,5-11H2,1H3/t14-,17-/m0/s1. The summed E-state index contributed by atoms with van der Waals surface area (Å²) in [6.45, 7) is 2.75. The average molecular weight is 289 g/mol. The van der Waals surface area contributed by atoms with Gasteiger partial charge in [-0.2, -0.15) is 0 Å². The lowest BCUT2D eigenvalue weighted by Crippen LogP contribution is -2.51. The van der Waals surface area contributed by atoms with Gasteiger partial charge in [-0.1, -0.05) is 6.08 Å². The van der Waals surface area contributed by atoms with E-state index in [1.807, 2.05) is 0 Å². The highest BCUT2D eigenvalue weighted by atomic mass is 16.5. The fourth-order valence-electron chi connectivity index (χ4n) is 4.78. The molecule has 1 saturated heterocycles. The van der Waals surface area contributed by atoms with E-state index in [0.29, 0.717) is 13.0 Å². The zero-order valence-corrected chi connectivity index (χ0v) is 12.7. The number of nitrogens with zero attached hydrogens (tertiary/aromatic N) is 1. The fraction of sp³-hybridized carbons (Fsp3) is 0.706. The van der Waals surface area contributed by atoms with E-state index in [0.717, 1.165) is 38.8 Å². The molecule has 3 heterocycles. The minimum absolute atomic E-state index is 0.0375. The molecule has 1 fully saturated rings. The van der Waals surface area contributed by atoms with Crippen LogP contribution in [0.3, 0.4) is 0 Å². The molecular formula is C17H23NO3. The van der Waals surface area contributed by atoms with E-state index < -0.39 is 0 Å². The fourth-order valence-corrected chi connectivity index (χ4v) is 4.78. The van der Waals surface area contributed by atoms with E-state index in [1.54, 1.807) is 7.11 Å². The Labute approximate surface area is 125 Å². The molecule has 0 bridgehead atoms. The highest BCUT2D eigenvalue weighted by molar-refractivity contribution is 5.76. The molecule has 0 N–H and O–H groups in total. The van der Waals surface area contributed by atoms with Crippen molar-refractivity contribution in [3.63, 3.8) is 0 Å². The van der Waals surface area contributed by atoms with Crippen LogP contribution < -0.4 is 0 Å². The van der Waals surface area contributed by atoms with Crippen molar-refractivity contribution in [3.05, 3.63) is 22.8 Å². The Balaban J connectivity index is 1.85. The minimum Gasteiger partial charge on any atom is -0.461 e. The highest BCUT2D eigenvalue weighted by Crippen LogP contribution is 2.51. The van der Waals surface area contributed by atoms with Gasteiger partial charge in [0.25, 0.3) is 0 Å². The lowest BCUT2D eigenvalue weighted by atomic mass is 9.71. The first kappa shape index (κ1) is 13.5. The van der Waals surface area contributed by atoms with Crippen molar-refractivity contribution in [3.8, 4) is 0 Å². The number of carbonyl (C=O) groups is 1. The number of methoxy groups -OCH3 is 1. The first-order chi connectivity index (χ1) is 10.2. The quantitative estimate of drug-likeness (QED) is 0.548. The molecule has 4 nitrogen and oxygen atoms in total. The van der Waals surface area contributed by atoms with Gasteiger partial charge >= 0.3 is 5.97 Å². The number of rotatable bonds is 1. The number of hydrogen-bond acceptors (Lipinski definition) is 4. The van der Waals surface area contributed by atoms with Crippen LogP contribution in [-0.4, -0.2) is 49.3 Å². The predicted octanol–water partition coefficient (Wildman–Crippen LogP) is 2.20. The van der Waals surface area contributed by atoms with E-state index in [1.165, 1.54) is 23.1 Å². The van der Waals surface area contributed by atoms with E-state index in [-0.39, 0.29) is 17.6 Å². The van der Waals surface area contributed by atoms with E-state index in [2.05, 4.69) is 11.0 Å². The maximum absolute atomic E-state index is 11.9. The lowest BCUT2D eigenvalue weighted by Gasteiger charge is -2.46. The normalized spacial score (nSPS) is 36.3. The lowest BCUT2D eigenvalue weighted by molar-refractivity contribution is -0.143. The molecule has 0 saturated carbocycles. The molecule has 3 aliphatic heterocycles. The van der Waals surface area contributed by atoms with Gasteiger partial charge in [-0.25, -0.2) is 0 Å². The summed E-state index contributed by atoms with van der Waals surface area (Å²) in [7, 11) is 1.81. The summed E-state index contributed by atoms with van der Waals surface area (Å²) in [6, 6.07) is 0. The van der Waals surface area contributed by atoms with Gasteiger partial charge in [0, 0.05) is 13.7 Å². The first-order valence-electron chi connectivity index (χ1n) is 8.08. The van der Waals surface area contributed by atoms with Crippen LogP contribution in [-0.2, 0) is 14.3 Å². The van der Waals surface area contributed by atoms with Crippen LogP contribution in [0.1, 0.15) is 38.5 Å². The Kier molecular flexibility index (Phi) is 3.19. The third kappa shape index (κ3) is 1.92. The van der Waals surface area contributed by atoms with Crippen molar-refractivity contribution < 1.29 is 14.3 Å². The Morgan fingerprint density at radius 2 is 2.29 bits per heavy atom. The number of esters is 1. The summed E-state index contributed by atoms with van der Waals surface area (Å²) in [4.78, 5) is 14.5. The maximum Gasteiger partial charge on any atom is 0.310 e. The Morgan fingerprint density at radius 3 is 3.14 bits per heavy atom. The second-order valence-corrected chi connectivity index (χ2v) is 6.65. The van der Waals surface area contributed by atoms with E-state index >= 15 is 0 Å². The maximum atomic E-state index is 11.9. The van der Waals surface area contributed by atoms with Gasteiger partial charge in [-0.3, -0.25) is 9.69 Å². The van der Waals surface area contributed by atoms with E-state index in [4.69, 9.17) is 9.47 Å². The zero-order chi connectivity index (χ0) is 14.4. The Hall–Kier alpha value is -1.13. The number of cyclic esters (lactones) is 1. The second kappa shape index (κ2) is 4.96. The van der Waals surface area contributed by atoms with Gasteiger partial charge in [0.05, 0.1) is 18.1 Å². The molecular weight excluding hydrogens is 266 g/mol. The molecule has 0 amide bonds.